The number of hydrogen-bond donors (Lipinski definition) is 5. The van der Waals surface area contributed by atoms with Gasteiger partial charge in [-0.25, -0.2) is 0 Å². The van der Waals surface area contributed by atoms with Crippen LogP contribution < -0.4 is 0 Å². The highest BCUT2D eigenvalue weighted by atomic mass is 16.7. The number of carbonyl (C=O) groups excluding carboxylic acids is 1. The number of carbonyl (C=O) groups is 1. The Morgan fingerprint density at radius 2 is 1.49 bits per heavy atom. The third kappa shape index (κ3) is 15.1. The highest BCUT2D eigenvalue weighted by molar-refractivity contribution is 5.91. The molecule has 0 aromatic carbocycles. The normalized spacial score (nSPS) is 44.7. The number of nitrogens with zero attached hydrogens (tertiary/aromatic N) is 2. The fraction of sp³-hybridized carbons (Fsp3) is 0.865. The molecule has 5 aliphatic rings. The Kier molecular flexibility index (Phi) is 22.7. The third-order valence-electron chi connectivity index (χ3n) is 15.2. The standard InChI is InChI=1S/C52H90N2O16/c1-14-39-36(28-64-51-48(63-13)47(62-12)42(57)32(5)67-51)24-29(2)18-19-37(55)30(3)25-35(20-23-54-21-16-15-17-22-54)45(46(61-11)38(56)26-31(4)65-39)70-50-43(58)41(53(9)10)44(33(6)68-50)69-40-27-52(8,60)49(59)34(7)66-40/h18-19,24,30,32-36,38-51,56-60H,4,14-17,20-23,25-28H2,1-3,5-13H3/b19-18+,29-24+. The first kappa shape index (κ1) is 58.9. The molecular weight excluding hydrogens is 909 g/mol. The topological polar surface area (TPSA) is 217 Å². The molecule has 18 heteroatoms. The van der Waals surface area contributed by atoms with Crippen LogP contribution in [-0.4, -0.2) is 213 Å². The van der Waals surface area contributed by atoms with Crippen molar-refractivity contribution in [2.75, 3.05) is 61.7 Å². The van der Waals surface area contributed by atoms with Gasteiger partial charge in [-0.05, 0) is 112 Å². The van der Waals surface area contributed by atoms with E-state index in [1.165, 1.54) is 27.8 Å². The van der Waals surface area contributed by atoms with Gasteiger partial charge in [0, 0.05) is 46.0 Å². The van der Waals surface area contributed by atoms with Crippen LogP contribution in [0.4, 0.5) is 0 Å². The maximum absolute atomic E-state index is 14.2. The minimum absolute atomic E-state index is 0.00107. The Hall–Kier alpha value is -1.95. The van der Waals surface area contributed by atoms with Gasteiger partial charge in [-0.2, -0.15) is 0 Å². The van der Waals surface area contributed by atoms with Gasteiger partial charge in [-0.1, -0.05) is 44.6 Å². The molecule has 0 spiro atoms. The Labute approximate surface area is 417 Å². The van der Waals surface area contributed by atoms with Gasteiger partial charge >= 0.3 is 0 Å². The van der Waals surface area contributed by atoms with Crippen LogP contribution in [0.25, 0.3) is 0 Å². The molecule has 4 fully saturated rings. The quantitative estimate of drug-likeness (QED) is 0.159. The van der Waals surface area contributed by atoms with Gasteiger partial charge in [0.15, 0.2) is 24.7 Å². The van der Waals surface area contributed by atoms with Crippen LogP contribution >= 0.6 is 0 Å². The number of rotatable bonds is 15. The number of hydrogen-bond acceptors (Lipinski definition) is 18. The van der Waals surface area contributed by atoms with Crippen LogP contribution in [0, 0.1) is 17.8 Å². The van der Waals surface area contributed by atoms with Crippen molar-refractivity contribution in [1.82, 2.24) is 9.80 Å². The van der Waals surface area contributed by atoms with E-state index in [4.69, 9.17) is 47.4 Å². The number of methoxy groups -OCH3 is 3. The monoisotopic (exact) mass is 999 g/mol. The molecular formula is C52H90N2O16. The summed E-state index contributed by atoms with van der Waals surface area (Å²) < 4.78 is 62.7. The molecule has 5 N–H and O–H groups in total. The molecule has 0 bridgehead atoms. The summed E-state index contributed by atoms with van der Waals surface area (Å²) in [5.74, 6) is -0.992. The Morgan fingerprint density at radius 3 is 2.10 bits per heavy atom. The van der Waals surface area contributed by atoms with Gasteiger partial charge in [-0.3, -0.25) is 4.79 Å². The lowest BCUT2D eigenvalue weighted by molar-refractivity contribution is -0.344. The molecule has 5 aliphatic heterocycles. The van der Waals surface area contributed by atoms with E-state index in [0.717, 1.165) is 38.0 Å². The molecule has 21 unspecified atom stereocenters. The summed E-state index contributed by atoms with van der Waals surface area (Å²) in [6, 6.07) is -0.687. The average molecular weight is 999 g/mol. The number of ketones is 1. The lowest BCUT2D eigenvalue weighted by Gasteiger charge is -2.50. The number of piperidine rings is 1. The predicted octanol–water partition coefficient (Wildman–Crippen LogP) is 3.49. The van der Waals surface area contributed by atoms with Crippen molar-refractivity contribution in [1.29, 1.82) is 0 Å². The molecule has 70 heavy (non-hydrogen) atoms. The molecule has 0 aliphatic carbocycles. The first-order valence-electron chi connectivity index (χ1n) is 25.7. The Balaban J connectivity index is 1.47. The highest BCUT2D eigenvalue weighted by Gasteiger charge is 2.52. The van der Waals surface area contributed by atoms with Crippen molar-refractivity contribution in [3.8, 4) is 0 Å². The number of aliphatic hydroxyl groups excluding tert-OH is 4. The van der Waals surface area contributed by atoms with Crippen LogP contribution in [-0.2, 0) is 52.2 Å². The van der Waals surface area contributed by atoms with E-state index in [1.54, 1.807) is 26.8 Å². The van der Waals surface area contributed by atoms with E-state index >= 15 is 0 Å². The number of aliphatic hydroxyl groups is 5. The molecule has 0 saturated carbocycles. The second kappa shape index (κ2) is 27.0. The Bertz CT molecular complexity index is 1680. The van der Waals surface area contributed by atoms with E-state index in [1.807, 2.05) is 58.8 Å². The van der Waals surface area contributed by atoms with E-state index < -0.39 is 116 Å². The summed E-state index contributed by atoms with van der Waals surface area (Å²) in [5, 5.41) is 57.0. The SMILES string of the molecule is C=C1CC(O)C(OC)C(OC2OC(C)C(OC3CC(C)(O)C(O)C(C)O3)C(N(C)C)C2O)C(CCN2CCCCC2)CC(C)C(=O)/C=C/C(C)=C/C(COC2OC(C)C(O)C(OC)C2OC)C(CC)O1. The lowest BCUT2D eigenvalue weighted by atomic mass is 9.82. The van der Waals surface area contributed by atoms with Crippen molar-refractivity contribution in [3.05, 3.63) is 36.1 Å². The molecule has 0 radical (unpaired) electrons. The summed E-state index contributed by atoms with van der Waals surface area (Å²) in [5.41, 5.74) is -0.654. The summed E-state index contributed by atoms with van der Waals surface area (Å²) in [7, 11) is 8.18. The summed E-state index contributed by atoms with van der Waals surface area (Å²) in [4.78, 5) is 18.4. The largest absolute Gasteiger partial charge is 0.495 e. The minimum atomic E-state index is -1.46. The zero-order valence-corrected chi connectivity index (χ0v) is 44.1. The average Bonchev–Trinajstić information content (AvgIpc) is 3.31. The summed E-state index contributed by atoms with van der Waals surface area (Å²) in [6.07, 6.45) is -3.76. The molecule has 21 atom stereocenters. The fourth-order valence-electron chi connectivity index (χ4n) is 11.1. The Morgan fingerprint density at radius 1 is 0.829 bits per heavy atom. The fourth-order valence-corrected chi connectivity index (χ4v) is 11.1. The third-order valence-corrected chi connectivity index (χ3v) is 15.2. The van der Waals surface area contributed by atoms with Crippen molar-refractivity contribution >= 4 is 5.78 Å². The van der Waals surface area contributed by atoms with Gasteiger partial charge in [0.2, 0.25) is 0 Å². The lowest BCUT2D eigenvalue weighted by Crippen LogP contribution is -2.65. The van der Waals surface area contributed by atoms with Gasteiger partial charge < -0.3 is 82.7 Å². The van der Waals surface area contributed by atoms with Crippen LogP contribution in [0.3, 0.4) is 0 Å². The minimum Gasteiger partial charge on any atom is -0.495 e. The van der Waals surface area contributed by atoms with Gasteiger partial charge in [0.05, 0.1) is 54.5 Å². The first-order valence-corrected chi connectivity index (χ1v) is 25.7. The van der Waals surface area contributed by atoms with Gasteiger partial charge in [-0.15, -0.1) is 0 Å². The van der Waals surface area contributed by atoms with Crippen LogP contribution in [0.1, 0.15) is 99.8 Å². The van der Waals surface area contributed by atoms with Crippen LogP contribution in [0.5, 0.6) is 0 Å². The number of allylic oxidation sites excluding steroid dienone is 3. The van der Waals surface area contributed by atoms with Crippen molar-refractivity contribution in [2.24, 2.45) is 17.8 Å². The molecule has 0 amide bonds. The summed E-state index contributed by atoms with van der Waals surface area (Å²) in [6.45, 7) is 19.6. The van der Waals surface area contributed by atoms with Crippen LogP contribution in [0.2, 0.25) is 0 Å². The highest BCUT2D eigenvalue weighted by Crippen LogP contribution is 2.38. The summed E-state index contributed by atoms with van der Waals surface area (Å²) >= 11 is 0. The van der Waals surface area contributed by atoms with E-state index in [-0.39, 0.29) is 37.1 Å². The number of likely N-dealkylation sites (tertiary alicyclic amines) is 1. The van der Waals surface area contributed by atoms with Gasteiger partial charge in [0.1, 0.15) is 48.8 Å². The van der Waals surface area contributed by atoms with Crippen molar-refractivity contribution in [2.45, 2.75) is 210 Å². The van der Waals surface area contributed by atoms with Crippen LogP contribution in [0.15, 0.2) is 36.1 Å². The predicted molar refractivity (Wildman–Crippen MR) is 260 cm³/mol. The number of ether oxygens (including phenoxy) is 10. The molecule has 4 saturated heterocycles. The maximum atomic E-state index is 14.2. The zero-order valence-electron chi connectivity index (χ0n) is 44.1. The second-order valence-electron chi connectivity index (χ2n) is 21.0. The molecule has 5 heterocycles. The molecule has 0 aromatic rings. The molecule has 0 aromatic heterocycles. The van der Waals surface area contributed by atoms with Crippen molar-refractivity contribution < 1.29 is 77.7 Å². The molecule has 18 nitrogen and oxygen atoms in total. The van der Waals surface area contributed by atoms with E-state index in [0.29, 0.717) is 25.0 Å². The van der Waals surface area contributed by atoms with Gasteiger partial charge in [0.25, 0.3) is 0 Å². The van der Waals surface area contributed by atoms with Crippen molar-refractivity contribution in [3.63, 3.8) is 0 Å². The molecule has 5 rings (SSSR count). The van der Waals surface area contributed by atoms with E-state index in [2.05, 4.69) is 11.5 Å². The zero-order chi connectivity index (χ0) is 51.6. The van der Waals surface area contributed by atoms with E-state index in [9.17, 15) is 30.3 Å². The molecule has 404 valence electrons. The second-order valence-corrected chi connectivity index (χ2v) is 21.0. The first-order chi connectivity index (χ1) is 33.1. The smallest absolute Gasteiger partial charge is 0.186 e. The maximum Gasteiger partial charge on any atom is 0.186 e. The number of likely N-dealkylation sites (N-methyl/N-ethyl adjacent to an activating group) is 1.